The number of guanidine groups is 1. The second-order valence-corrected chi connectivity index (χ2v) is 7.49. The first-order chi connectivity index (χ1) is 12.8. The predicted octanol–water partition coefficient (Wildman–Crippen LogP) is 4.71. The lowest BCUT2D eigenvalue weighted by Crippen LogP contribution is -2.48. The smallest absolute Gasteiger partial charge is 0.356 e. The molecular weight excluding hydrogens is 507 g/mol. The third-order valence-electron chi connectivity index (χ3n) is 4.83. The van der Waals surface area contributed by atoms with Crippen LogP contribution < -0.4 is 10.6 Å². The van der Waals surface area contributed by atoms with Crippen molar-refractivity contribution in [3.8, 4) is 0 Å². The van der Waals surface area contributed by atoms with E-state index in [1.165, 1.54) is 12.1 Å². The second-order valence-electron chi connectivity index (χ2n) is 6.54. The molecule has 1 aromatic heterocycles. The molecule has 2 aromatic rings. The van der Waals surface area contributed by atoms with Gasteiger partial charge in [0.25, 0.3) is 0 Å². The van der Waals surface area contributed by atoms with Crippen molar-refractivity contribution in [1.29, 1.82) is 0 Å². The highest BCUT2D eigenvalue weighted by Crippen LogP contribution is 2.43. The summed E-state index contributed by atoms with van der Waals surface area (Å²) >= 11 is 0.955. The highest BCUT2D eigenvalue weighted by Gasteiger charge is 2.38. The van der Waals surface area contributed by atoms with Crippen molar-refractivity contribution in [3.05, 3.63) is 51.7 Å². The first-order valence-electron chi connectivity index (χ1n) is 8.55. The second kappa shape index (κ2) is 9.38. The van der Waals surface area contributed by atoms with Crippen molar-refractivity contribution in [2.75, 3.05) is 13.6 Å². The number of rotatable bonds is 5. The van der Waals surface area contributed by atoms with Crippen molar-refractivity contribution in [2.24, 2.45) is 4.99 Å². The molecule has 1 fully saturated rings. The zero-order valence-corrected chi connectivity index (χ0v) is 18.3. The zero-order valence-electron chi connectivity index (χ0n) is 15.1. The minimum Gasteiger partial charge on any atom is -0.356 e. The molecular formula is C18H21F4IN4S. The number of nitrogens with zero attached hydrogens (tertiary/aromatic N) is 2. The molecule has 0 aliphatic heterocycles. The third kappa shape index (κ3) is 5.34. The summed E-state index contributed by atoms with van der Waals surface area (Å²) < 4.78 is 51.0. The van der Waals surface area contributed by atoms with Gasteiger partial charge >= 0.3 is 6.18 Å². The Balaban J connectivity index is 0.00000280. The van der Waals surface area contributed by atoms with Crippen LogP contribution in [0.5, 0.6) is 0 Å². The first-order valence-corrected chi connectivity index (χ1v) is 9.42. The summed E-state index contributed by atoms with van der Waals surface area (Å²) in [6.45, 7) is 0.772. The SMILES string of the molecule is CN=C(NCc1nc(C(F)(F)F)cs1)NCC1(c2ccc(F)cc2)CCC1.I. The third-order valence-corrected chi connectivity index (χ3v) is 5.68. The minimum absolute atomic E-state index is 0. The van der Waals surface area contributed by atoms with E-state index in [1.54, 1.807) is 19.2 Å². The molecule has 0 bridgehead atoms. The van der Waals surface area contributed by atoms with Gasteiger partial charge in [0, 0.05) is 24.4 Å². The van der Waals surface area contributed by atoms with Crippen LogP contribution in [0, 0.1) is 5.82 Å². The Morgan fingerprint density at radius 3 is 2.39 bits per heavy atom. The van der Waals surface area contributed by atoms with E-state index >= 15 is 0 Å². The summed E-state index contributed by atoms with van der Waals surface area (Å²) in [5.41, 5.74) is 0.125. The van der Waals surface area contributed by atoms with Crippen molar-refractivity contribution < 1.29 is 17.6 Å². The fourth-order valence-electron chi connectivity index (χ4n) is 3.13. The fraction of sp³-hybridized carbons (Fsp3) is 0.444. The summed E-state index contributed by atoms with van der Waals surface area (Å²) in [5, 5.41) is 7.56. The van der Waals surface area contributed by atoms with Gasteiger partial charge in [-0.3, -0.25) is 4.99 Å². The van der Waals surface area contributed by atoms with Crippen LogP contribution in [0.3, 0.4) is 0 Å². The Bertz CT molecular complexity index is 801. The van der Waals surface area contributed by atoms with Crippen molar-refractivity contribution >= 4 is 41.3 Å². The number of benzene rings is 1. The lowest BCUT2D eigenvalue weighted by molar-refractivity contribution is -0.140. The van der Waals surface area contributed by atoms with Crippen LogP contribution in [-0.4, -0.2) is 24.5 Å². The lowest BCUT2D eigenvalue weighted by Gasteiger charge is -2.43. The Morgan fingerprint density at radius 2 is 1.89 bits per heavy atom. The molecule has 0 atom stereocenters. The van der Waals surface area contributed by atoms with Crippen LogP contribution in [0.1, 0.15) is 35.5 Å². The summed E-state index contributed by atoms with van der Waals surface area (Å²) in [7, 11) is 1.60. The summed E-state index contributed by atoms with van der Waals surface area (Å²) in [6.07, 6.45) is -1.35. The zero-order chi connectivity index (χ0) is 19.5. The Morgan fingerprint density at radius 1 is 1.21 bits per heavy atom. The standard InChI is InChI=1S/C18H20F4N4S.HI/c1-23-16(24-9-15-26-14(10-27-15)18(20,21)22)25-11-17(7-2-8-17)12-3-5-13(19)6-4-12;/h3-6,10H,2,7-9,11H2,1H3,(H2,23,24,25);1H. The monoisotopic (exact) mass is 528 g/mol. The minimum atomic E-state index is -4.43. The van der Waals surface area contributed by atoms with Gasteiger partial charge in [0.2, 0.25) is 0 Å². The van der Waals surface area contributed by atoms with Gasteiger partial charge in [0.15, 0.2) is 11.7 Å². The van der Waals surface area contributed by atoms with E-state index in [0.717, 1.165) is 41.5 Å². The van der Waals surface area contributed by atoms with Crippen LogP contribution >= 0.6 is 35.3 Å². The number of alkyl halides is 3. The van der Waals surface area contributed by atoms with E-state index in [1.807, 2.05) is 0 Å². The van der Waals surface area contributed by atoms with E-state index in [-0.39, 0.29) is 41.8 Å². The van der Waals surface area contributed by atoms with E-state index in [9.17, 15) is 17.6 Å². The van der Waals surface area contributed by atoms with E-state index in [2.05, 4.69) is 20.6 Å². The van der Waals surface area contributed by atoms with Crippen molar-refractivity contribution in [3.63, 3.8) is 0 Å². The summed E-state index contributed by atoms with van der Waals surface area (Å²) in [5.74, 6) is 0.229. The number of hydrogen-bond donors (Lipinski definition) is 2. The molecule has 1 heterocycles. The Hall–Kier alpha value is -1.43. The van der Waals surface area contributed by atoms with Gasteiger partial charge in [-0.2, -0.15) is 13.2 Å². The van der Waals surface area contributed by atoms with Gasteiger partial charge in [0.1, 0.15) is 10.8 Å². The number of halogens is 5. The number of thiazole rings is 1. The average molecular weight is 528 g/mol. The van der Waals surface area contributed by atoms with E-state index in [4.69, 9.17) is 0 Å². The molecule has 154 valence electrons. The fourth-order valence-corrected chi connectivity index (χ4v) is 3.87. The number of aromatic nitrogens is 1. The van der Waals surface area contributed by atoms with Gasteiger partial charge in [0.05, 0.1) is 6.54 Å². The summed E-state index contributed by atoms with van der Waals surface area (Å²) in [6, 6.07) is 6.54. The van der Waals surface area contributed by atoms with Gasteiger partial charge < -0.3 is 10.6 Å². The Labute approximate surface area is 181 Å². The average Bonchev–Trinajstić information content (AvgIpc) is 3.07. The Kier molecular flexibility index (Phi) is 7.66. The number of nitrogens with one attached hydrogen (secondary N) is 2. The van der Waals surface area contributed by atoms with Crippen LogP contribution in [-0.2, 0) is 18.1 Å². The van der Waals surface area contributed by atoms with Crippen molar-refractivity contribution in [1.82, 2.24) is 15.6 Å². The summed E-state index contributed by atoms with van der Waals surface area (Å²) in [4.78, 5) is 7.71. The van der Waals surface area contributed by atoms with Crippen LogP contribution in [0.4, 0.5) is 17.6 Å². The maximum Gasteiger partial charge on any atom is 0.434 e. The van der Waals surface area contributed by atoms with Gasteiger partial charge in [-0.15, -0.1) is 35.3 Å². The van der Waals surface area contributed by atoms with Gasteiger partial charge in [-0.1, -0.05) is 18.6 Å². The highest BCUT2D eigenvalue weighted by molar-refractivity contribution is 14.0. The largest absolute Gasteiger partial charge is 0.434 e. The van der Waals surface area contributed by atoms with Crippen LogP contribution in [0.2, 0.25) is 0 Å². The molecule has 0 unspecified atom stereocenters. The molecule has 3 rings (SSSR count). The molecule has 1 aromatic carbocycles. The topological polar surface area (TPSA) is 49.3 Å². The number of aliphatic imine (C=N–C) groups is 1. The first kappa shape index (κ1) is 22.9. The highest BCUT2D eigenvalue weighted by atomic mass is 127. The van der Waals surface area contributed by atoms with Crippen LogP contribution in [0.25, 0.3) is 0 Å². The number of hydrogen-bond acceptors (Lipinski definition) is 3. The van der Waals surface area contributed by atoms with E-state index < -0.39 is 11.9 Å². The van der Waals surface area contributed by atoms with E-state index in [0.29, 0.717) is 17.5 Å². The molecule has 28 heavy (non-hydrogen) atoms. The molecule has 2 N–H and O–H groups in total. The molecule has 1 aliphatic carbocycles. The molecule has 0 saturated heterocycles. The van der Waals surface area contributed by atoms with Gasteiger partial charge in [-0.25, -0.2) is 9.37 Å². The lowest BCUT2D eigenvalue weighted by atomic mass is 9.64. The molecule has 0 amide bonds. The molecule has 0 spiro atoms. The molecule has 1 aliphatic rings. The quantitative estimate of drug-likeness (QED) is 0.256. The van der Waals surface area contributed by atoms with Gasteiger partial charge in [-0.05, 0) is 30.5 Å². The predicted molar refractivity (Wildman–Crippen MR) is 113 cm³/mol. The molecule has 0 radical (unpaired) electrons. The van der Waals surface area contributed by atoms with Crippen LogP contribution in [0.15, 0.2) is 34.6 Å². The maximum atomic E-state index is 13.2. The maximum absolute atomic E-state index is 13.2. The molecule has 10 heteroatoms. The molecule has 1 saturated carbocycles. The normalized spacial score (nSPS) is 16.1. The van der Waals surface area contributed by atoms with Crippen molar-refractivity contribution in [2.45, 2.75) is 37.4 Å². The molecule has 4 nitrogen and oxygen atoms in total.